The van der Waals surface area contributed by atoms with E-state index in [0.717, 1.165) is 16.9 Å². The van der Waals surface area contributed by atoms with Gasteiger partial charge in [0.25, 0.3) is 5.91 Å². The fourth-order valence-electron chi connectivity index (χ4n) is 2.90. The molecule has 34 heavy (non-hydrogen) atoms. The van der Waals surface area contributed by atoms with Gasteiger partial charge in [-0.15, -0.1) is 5.10 Å². The standard InChI is InChI=1S/C26H28N4O3S/c1-2-32-24-15-22(17-29-30-26(27)34-19-21-11-7-4-8-12-21)13-14-23(24)33-18-25(31)28-16-20-9-5-3-6-10-20/h3-15,17H,2,16,18-19H2,1H3,(H2,27,30)(H,28,31). The predicted octanol–water partition coefficient (Wildman–Crippen LogP) is 4.36. The van der Waals surface area contributed by atoms with Gasteiger partial charge in [-0.1, -0.05) is 72.4 Å². The lowest BCUT2D eigenvalue weighted by molar-refractivity contribution is -0.123. The first kappa shape index (κ1) is 24.9. The molecule has 3 aromatic carbocycles. The number of nitrogens with two attached hydrogens (primary N) is 1. The average Bonchev–Trinajstić information content (AvgIpc) is 2.87. The van der Waals surface area contributed by atoms with Gasteiger partial charge in [-0.25, -0.2) is 0 Å². The van der Waals surface area contributed by atoms with E-state index in [1.165, 1.54) is 17.3 Å². The largest absolute Gasteiger partial charge is 0.490 e. The smallest absolute Gasteiger partial charge is 0.258 e. The molecule has 0 spiro atoms. The van der Waals surface area contributed by atoms with Gasteiger partial charge >= 0.3 is 0 Å². The van der Waals surface area contributed by atoms with Crippen molar-refractivity contribution in [2.75, 3.05) is 13.2 Å². The second-order valence-electron chi connectivity index (χ2n) is 7.15. The lowest BCUT2D eigenvalue weighted by atomic mass is 10.2. The van der Waals surface area contributed by atoms with Crippen LogP contribution >= 0.6 is 11.8 Å². The normalized spacial score (nSPS) is 11.4. The molecular formula is C26H28N4O3S. The van der Waals surface area contributed by atoms with Gasteiger partial charge in [0.2, 0.25) is 0 Å². The molecule has 3 aromatic rings. The Labute approximate surface area is 204 Å². The Morgan fingerprint density at radius 2 is 1.68 bits per heavy atom. The number of hydrogen-bond acceptors (Lipinski definition) is 6. The Kier molecular flexibility index (Phi) is 10.0. The third kappa shape index (κ3) is 8.63. The lowest BCUT2D eigenvalue weighted by Crippen LogP contribution is -2.28. The molecule has 0 unspecified atom stereocenters. The Morgan fingerprint density at radius 1 is 0.971 bits per heavy atom. The number of amides is 1. The number of rotatable bonds is 11. The van der Waals surface area contributed by atoms with E-state index in [0.29, 0.717) is 29.8 Å². The summed E-state index contributed by atoms with van der Waals surface area (Å²) in [4.78, 5) is 12.1. The molecule has 0 atom stereocenters. The minimum absolute atomic E-state index is 0.111. The second kappa shape index (κ2) is 13.7. The lowest BCUT2D eigenvalue weighted by Gasteiger charge is -2.12. The first-order valence-electron chi connectivity index (χ1n) is 10.9. The first-order valence-corrected chi connectivity index (χ1v) is 11.9. The van der Waals surface area contributed by atoms with E-state index >= 15 is 0 Å². The number of nitrogens with one attached hydrogen (secondary N) is 1. The van der Waals surface area contributed by atoms with Crippen LogP contribution in [0.5, 0.6) is 11.5 Å². The zero-order valence-electron chi connectivity index (χ0n) is 19.0. The zero-order chi connectivity index (χ0) is 24.0. The highest BCUT2D eigenvalue weighted by Crippen LogP contribution is 2.28. The van der Waals surface area contributed by atoms with Crippen molar-refractivity contribution >= 4 is 29.1 Å². The van der Waals surface area contributed by atoms with Crippen LogP contribution in [-0.2, 0) is 17.1 Å². The van der Waals surface area contributed by atoms with Crippen LogP contribution in [0.15, 0.2) is 89.1 Å². The van der Waals surface area contributed by atoms with Crippen LogP contribution in [0.3, 0.4) is 0 Å². The summed E-state index contributed by atoms with van der Waals surface area (Å²) in [7, 11) is 0. The molecule has 0 aromatic heterocycles. The highest BCUT2D eigenvalue weighted by Gasteiger charge is 2.09. The molecule has 0 radical (unpaired) electrons. The van der Waals surface area contributed by atoms with Crippen molar-refractivity contribution in [2.24, 2.45) is 15.9 Å². The van der Waals surface area contributed by atoms with Gasteiger partial charge in [0.15, 0.2) is 23.3 Å². The number of ether oxygens (including phenoxy) is 2. The number of hydrogen-bond donors (Lipinski definition) is 2. The van der Waals surface area contributed by atoms with Gasteiger partial charge in [-0.3, -0.25) is 4.79 Å². The molecule has 0 aliphatic carbocycles. The van der Waals surface area contributed by atoms with Crippen LogP contribution in [0.4, 0.5) is 0 Å². The summed E-state index contributed by atoms with van der Waals surface area (Å²) in [5.41, 5.74) is 8.90. The highest BCUT2D eigenvalue weighted by molar-refractivity contribution is 8.13. The van der Waals surface area contributed by atoms with E-state index in [-0.39, 0.29) is 12.5 Å². The highest BCUT2D eigenvalue weighted by atomic mass is 32.2. The number of carbonyl (C=O) groups excluding carboxylic acids is 1. The molecule has 0 fully saturated rings. The maximum absolute atomic E-state index is 12.1. The number of amidine groups is 1. The summed E-state index contributed by atoms with van der Waals surface area (Å²) < 4.78 is 11.4. The van der Waals surface area contributed by atoms with Crippen LogP contribution in [0.2, 0.25) is 0 Å². The van der Waals surface area contributed by atoms with Gasteiger partial charge in [-0.2, -0.15) is 5.10 Å². The van der Waals surface area contributed by atoms with Crippen molar-refractivity contribution in [3.63, 3.8) is 0 Å². The van der Waals surface area contributed by atoms with Crippen molar-refractivity contribution < 1.29 is 14.3 Å². The molecule has 0 heterocycles. The summed E-state index contributed by atoms with van der Waals surface area (Å²) in [5.74, 6) is 1.52. The monoisotopic (exact) mass is 476 g/mol. The van der Waals surface area contributed by atoms with Crippen molar-refractivity contribution in [3.05, 3.63) is 95.6 Å². The van der Waals surface area contributed by atoms with Crippen LogP contribution in [0, 0.1) is 0 Å². The third-order valence-electron chi connectivity index (χ3n) is 4.55. The van der Waals surface area contributed by atoms with Crippen molar-refractivity contribution in [3.8, 4) is 11.5 Å². The third-order valence-corrected chi connectivity index (χ3v) is 5.41. The summed E-state index contributed by atoms with van der Waals surface area (Å²) in [6, 6.07) is 25.1. The molecule has 0 aliphatic rings. The topological polar surface area (TPSA) is 98.3 Å². The predicted molar refractivity (Wildman–Crippen MR) is 138 cm³/mol. The molecule has 3 N–H and O–H groups in total. The Morgan fingerprint density at radius 3 is 2.38 bits per heavy atom. The van der Waals surface area contributed by atoms with Crippen LogP contribution in [-0.4, -0.2) is 30.5 Å². The SMILES string of the molecule is CCOc1cc(C=NN=C(N)SCc2ccccc2)ccc1OCC(=O)NCc1ccccc1. The summed E-state index contributed by atoms with van der Waals surface area (Å²) in [5, 5.41) is 11.3. The van der Waals surface area contributed by atoms with Crippen LogP contribution in [0.25, 0.3) is 0 Å². The Hall–Kier alpha value is -3.78. The minimum atomic E-state index is -0.213. The Bertz CT molecular complexity index is 1110. The molecule has 0 bridgehead atoms. The van der Waals surface area contributed by atoms with E-state index in [2.05, 4.69) is 15.5 Å². The minimum Gasteiger partial charge on any atom is -0.490 e. The molecule has 0 saturated carbocycles. The molecule has 176 valence electrons. The number of carbonyl (C=O) groups is 1. The van der Waals surface area contributed by atoms with Gasteiger partial charge < -0.3 is 20.5 Å². The molecule has 1 amide bonds. The molecule has 0 saturated heterocycles. The van der Waals surface area contributed by atoms with Gasteiger partial charge in [0.05, 0.1) is 12.8 Å². The maximum Gasteiger partial charge on any atom is 0.258 e. The second-order valence-corrected chi connectivity index (χ2v) is 8.14. The number of thioether (sulfide) groups is 1. The molecule has 0 aliphatic heterocycles. The van der Waals surface area contributed by atoms with Crippen molar-refractivity contribution in [1.82, 2.24) is 5.32 Å². The van der Waals surface area contributed by atoms with E-state index in [9.17, 15) is 4.79 Å². The maximum atomic E-state index is 12.1. The molecular weight excluding hydrogens is 448 g/mol. The quantitative estimate of drug-likeness (QED) is 0.243. The molecule has 7 nitrogen and oxygen atoms in total. The van der Waals surface area contributed by atoms with E-state index < -0.39 is 0 Å². The van der Waals surface area contributed by atoms with Gasteiger partial charge in [0.1, 0.15) is 0 Å². The molecule has 8 heteroatoms. The Balaban J connectivity index is 1.52. The van der Waals surface area contributed by atoms with Crippen molar-refractivity contribution in [1.29, 1.82) is 0 Å². The first-order chi connectivity index (χ1) is 16.6. The summed E-state index contributed by atoms with van der Waals surface area (Å²) in [6.07, 6.45) is 1.59. The fourth-order valence-corrected chi connectivity index (χ4v) is 3.51. The number of nitrogens with zero attached hydrogens (tertiary/aromatic N) is 2. The van der Waals surface area contributed by atoms with Crippen LogP contribution < -0.4 is 20.5 Å². The van der Waals surface area contributed by atoms with Crippen molar-refractivity contribution in [2.45, 2.75) is 19.2 Å². The van der Waals surface area contributed by atoms with Crippen LogP contribution in [0.1, 0.15) is 23.6 Å². The summed E-state index contributed by atoms with van der Waals surface area (Å²) >= 11 is 1.42. The summed E-state index contributed by atoms with van der Waals surface area (Å²) in [6.45, 7) is 2.67. The van der Waals surface area contributed by atoms with Gasteiger partial charge in [0, 0.05) is 12.3 Å². The van der Waals surface area contributed by atoms with E-state index in [1.54, 1.807) is 18.3 Å². The van der Waals surface area contributed by atoms with E-state index in [4.69, 9.17) is 15.2 Å². The fraction of sp³-hybridized carbons (Fsp3) is 0.192. The van der Waals surface area contributed by atoms with Gasteiger partial charge in [-0.05, 0) is 41.8 Å². The van der Waals surface area contributed by atoms with E-state index in [1.807, 2.05) is 73.7 Å². The molecule has 3 rings (SSSR count). The number of benzene rings is 3. The average molecular weight is 477 g/mol. The zero-order valence-corrected chi connectivity index (χ0v) is 19.8.